The van der Waals surface area contributed by atoms with E-state index < -0.39 is 17.9 Å². The highest BCUT2D eigenvalue weighted by atomic mass is 32.1. The summed E-state index contributed by atoms with van der Waals surface area (Å²) in [5.74, 6) is -0.666. The molecule has 0 spiro atoms. The average molecular weight is 513 g/mol. The summed E-state index contributed by atoms with van der Waals surface area (Å²) in [6.45, 7) is 4.25. The molecule has 1 atom stereocenters. The summed E-state index contributed by atoms with van der Waals surface area (Å²) in [7, 11) is 0. The molecule has 8 nitrogen and oxygen atoms in total. The number of nitriles is 1. The Hall–Kier alpha value is -3.62. The number of carbonyl (C=O) groups is 2. The molecule has 3 aromatic rings. The smallest absolute Gasteiger partial charge is 0.272 e. The second-order valence-corrected chi connectivity index (χ2v) is 10.4. The van der Waals surface area contributed by atoms with E-state index in [2.05, 4.69) is 10.3 Å². The number of carbonyl (C=O) groups excluding carboxylic acids is 2. The number of aromatic nitrogens is 2. The van der Waals surface area contributed by atoms with Crippen molar-refractivity contribution in [2.24, 2.45) is 5.73 Å². The Morgan fingerprint density at radius 3 is 2.75 bits per heavy atom. The third-order valence-corrected chi connectivity index (χ3v) is 6.94. The van der Waals surface area contributed by atoms with E-state index in [1.807, 2.05) is 28.8 Å². The van der Waals surface area contributed by atoms with Gasteiger partial charge in [0.2, 0.25) is 5.95 Å². The first-order valence-corrected chi connectivity index (χ1v) is 12.3. The highest BCUT2D eigenvalue weighted by molar-refractivity contribution is 7.14. The number of likely N-dealkylation sites (tertiary alicyclic amines) is 1. The topological polar surface area (TPSA) is 117 Å². The monoisotopic (exact) mass is 512 g/mol. The molecule has 1 unspecified atom stereocenters. The summed E-state index contributed by atoms with van der Waals surface area (Å²) in [6.07, 6.45) is 0.293. The van der Waals surface area contributed by atoms with Crippen molar-refractivity contribution >= 4 is 40.1 Å². The van der Waals surface area contributed by atoms with Gasteiger partial charge in [0.25, 0.3) is 18.2 Å². The minimum absolute atomic E-state index is 0.00838. The zero-order valence-electron chi connectivity index (χ0n) is 19.9. The minimum atomic E-state index is -2.65. The summed E-state index contributed by atoms with van der Waals surface area (Å²) >= 11 is 0.729. The number of alkyl halides is 2. The van der Waals surface area contributed by atoms with Crippen molar-refractivity contribution in [3.8, 4) is 6.07 Å². The molecule has 1 aliphatic rings. The molecule has 1 saturated heterocycles. The second-order valence-electron chi connectivity index (χ2n) is 9.28. The van der Waals surface area contributed by atoms with Crippen LogP contribution >= 0.6 is 11.3 Å². The fraction of sp³-hybridized carbons (Fsp3) is 0.360. The molecule has 0 saturated carbocycles. The van der Waals surface area contributed by atoms with Gasteiger partial charge < -0.3 is 15.2 Å². The first-order valence-electron chi connectivity index (χ1n) is 11.4. The zero-order chi connectivity index (χ0) is 26.0. The highest BCUT2D eigenvalue weighted by Gasteiger charge is 2.32. The number of rotatable bonds is 7. The van der Waals surface area contributed by atoms with E-state index in [0.717, 1.165) is 23.3 Å². The summed E-state index contributed by atoms with van der Waals surface area (Å²) < 4.78 is 27.8. The van der Waals surface area contributed by atoms with Gasteiger partial charge in [-0.2, -0.15) is 5.26 Å². The fourth-order valence-corrected chi connectivity index (χ4v) is 5.04. The number of nitrogens with one attached hydrogen (secondary N) is 1. The number of halogens is 2. The maximum atomic E-state index is 13.2. The van der Waals surface area contributed by atoms with Crippen LogP contribution in [0.3, 0.4) is 0 Å². The molecule has 1 fully saturated rings. The van der Waals surface area contributed by atoms with Crippen LogP contribution in [0.15, 0.2) is 48.0 Å². The van der Waals surface area contributed by atoms with Gasteiger partial charge in [0, 0.05) is 18.6 Å². The van der Waals surface area contributed by atoms with Crippen molar-refractivity contribution in [2.45, 2.75) is 51.2 Å². The van der Waals surface area contributed by atoms with E-state index in [1.54, 1.807) is 24.8 Å². The van der Waals surface area contributed by atoms with E-state index in [0.29, 0.717) is 25.0 Å². The number of hydrogen-bond donors (Lipinski definition) is 2. The van der Waals surface area contributed by atoms with Crippen LogP contribution in [-0.4, -0.2) is 44.4 Å². The lowest BCUT2D eigenvalue weighted by molar-refractivity contribution is -0.127. The molecule has 4 rings (SSSR count). The van der Waals surface area contributed by atoms with Gasteiger partial charge in [-0.25, -0.2) is 13.8 Å². The first kappa shape index (κ1) is 25.5. The van der Waals surface area contributed by atoms with Crippen LogP contribution < -0.4 is 11.1 Å². The lowest BCUT2D eigenvalue weighted by Gasteiger charge is -2.26. The van der Waals surface area contributed by atoms with Crippen LogP contribution in [0.4, 0.5) is 14.7 Å². The molecule has 0 radical (unpaired) electrons. The van der Waals surface area contributed by atoms with E-state index >= 15 is 0 Å². The lowest BCUT2D eigenvalue weighted by atomic mass is 10.0. The molecule has 2 amide bonds. The highest BCUT2D eigenvalue weighted by Crippen LogP contribution is 2.29. The van der Waals surface area contributed by atoms with Gasteiger partial charge in [-0.3, -0.25) is 14.9 Å². The third kappa shape index (κ3) is 5.45. The van der Waals surface area contributed by atoms with Gasteiger partial charge in [0.15, 0.2) is 0 Å². The summed E-state index contributed by atoms with van der Waals surface area (Å²) in [6, 6.07) is 11.7. The Morgan fingerprint density at radius 1 is 1.33 bits per heavy atom. The standard InChI is InChI=1S/C25H26F2N6O2S/c1-25(2,29)12-15(13-28)23(35)32-11-5-6-16(32)14-33-18-8-4-3-7-17(18)30-24(33)31-22(34)20-10-9-19(36-20)21(26)27/h3-4,7-10,12,16,21H,5-6,11,14,29H2,1-2H3,(H,30,31,34). The van der Waals surface area contributed by atoms with Gasteiger partial charge >= 0.3 is 0 Å². The Bertz CT molecular complexity index is 1360. The van der Waals surface area contributed by atoms with Gasteiger partial charge in [0.1, 0.15) is 11.6 Å². The predicted octanol–water partition coefficient (Wildman–Crippen LogP) is 4.47. The molecule has 36 heavy (non-hydrogen) atoms. The summed E-state index contributed by atoms with van der Waals surface area (Å²) in [5, 5.41) is 12.3. The first-order chi connectivity index (χ1) is 17.1. The number of benzene rings is 1. The van der Waals surface area contributed by atoms with Crippen molar-refractivity contribution < 1.29 is 18.4 Å². The van der Waals surface area contributed by atoms with Crippen LogP contribution in [0.5, 0.6) is 0 Å². The number of imidazole rings is 1. The largest absolute Gasteiger partial charge is 0.333 e. The SMILES string of the molecule is CC(C)(N)C=C(C#N)C(=O)N1CCCC1Cn1c(NC(=O)c2ccc(C(F)F)s2)nc2ccccc21. The molecule has 1 aromatic carbocycles. The number of para-hydroxylation sites is 2. The number of thiophene rings is 1. The number of amides is 2. The molecule has 1 aliphatic heterocycles. The minimum Gasteiger partial charge on any atom is -0.333 e. The summed E-state index contributed by atoms with van der Waals surface area (Å²) in [5.41, 5.74) is 6.57. The number of nitrogens with two attached hydrogens (primary N) is 1. The molecule has 11 heteroatoms. The predicted molar refractivity (Wildman–Crippen MR) is 134 cm³/mol. The number of hydrogen-bond acceptors (Lipinski definition) is 6. The Morgan fingerprint density at radius 2 is 2.08 bits per heavy atom. The third-order valence-electron chi connectivity index (χ3n) is 5.84. The molecule has 2 aromatic heterocycles. The molecular weight excluding hydrogens is 486 g/mol. The maximum Gasteiger partial charge on any atom is 0.272 e. The van der Waals surface area contributed by atoms with Crippen LogP contribution in [0.2, 0.25) is 0 Å². The van der Waals surface area contributed by atoms with Crippen LogP contribution in [-0.2, 0) is 11.3 Å². The molecule has 3 heterocycles. The maximum absolute atomic E-state index is 13.2. The van der Waals surface area contributed by atoms with Crippen molar-refractivity contribution in [2.75, 3.05) is 11.9 Å². The Kier molecular flexibility index (Phi) is 7.19. The second kappa shape index (κ2) is 10.2. The van der Waals surface area contributed by atoms with Gasteiger partial charge in [0.05, 0.1) is 26.8 Å². The molecule has 188 valence electrons. The molecule has 3 N–H and O–H groups in total. The van der Waals surface area contributed by atoms with Crippen molar-refractivity contribution in [1.29, 1.82) is 5.26 Å². The fourth-order valence-electron chi connectivity index (χ4n) is 4.28. The van der Waals surface area contributed by atoms with Crippen molar-refractivity contribution in [1.82, 2.24) is 14.5 Å². The number of anilines is 1. The van der Waals surface area contributed by atoms with E-state index in [4.69, 9.17) is 5.73 Å². The quantitative estimate of drug-likeness (QED) is 0.358. The van der Waals surface area contributed by atoms with Gasteiger partial charge in [-0.15, -0.1) is 11.3 Å². The Labute approximate surface area is 211 Å². The van der Waals surface area contributed by atoms with E-state index in [-0.39, 0.29) is 33.2 Å². The van der Waals surface area contributed by atoms with E-state index in [9.17, 15) is 23.6 Å². The average Bonchev–Trinajstić information content (AvgIpc) is 3.56. The summed E-state index contributed by atoms with van der Waals surface area (Å²) in [4.78, 5) is 32.2. The molecule has 0 bridgehead atoms. The van der Waals surface area contributed by atoms with Crippen LogP contribution in [0, 0.1) is 11.3 Å². The van der Waals surface area contributed by atoms with E-state index in [1.165, 1.54) is 18.2 Å². The van der Waals surface area contributed by atoms with Gasteiger partial charge in [-0.1, -0.05) is 12.1 Å². The number of fused-ring (bicyclic) bond motifs is 1. The van der Waals surface area contributed by atoms with Crippen LogP contribution in [0.25, 0.3) is 11.0 Å². The Balaban J connectivity index is 1.62. The van der Waals surface area contributed by atoms with Crippen LogP contribution in [0.1, 0.15) is 47.7 Å². The molecular formula is C25H26F2N6O2S. The normalized spacial score (nSPS) is 16.5. The lowest BCUT2D eigenvalue weighted by Crippen LogP contribution is -2.40. The van der Waals surface area contributed by atoms with Crippen molar-refractivity contribution in [3.05, 3.63) is 57.8 Å². The number of nitrogens with zero attached hydrogens (tertiary/aromatic N) is 4. The van der Waals surface area contributed by atoms with Gasteiger partial charge in [-0.05, 0) is 57.0 Å². The molecule has 0 aliphatic carbocycles. The zero-order valence-corrected chi connectivity index (χ0v) is 20.7. The van der Waals surface area contributed by atoms with Crippen molar-refractivity contribution in [3.63, 3.8) is 0 Å².